The van der Waals surface area contributed by atoms with E-state index >= 15 is 0 Å². The molecule has 0 unspecified atom stereocenters. The summed E-state index contributed by atoms with van der Waals surface area (Å²) in [5.74, 6) is 0.945. The largest absolute Gasteiger partial charge is 0.472 e. The monoisotopic (exact) mass is 417 g/mol. The molecule has 2 aromatic rings. The van der Waals surface area contributed by atoms with Crippen molar-refractivity contribution < 1.29 is 18.8 Å². The normalized spacial score (nSPS) is 19.3. The van der Waals surface area contributed by atoms with Gasteiger partial charge in [-0.3, -0.25) is 9.79 Å². The van der Waals surface area contributed by atoms with Gasteiger partial charge >= 0.3 is 0 Å². The number of halogens is 1. The van der Waals surface area contributed by atoms with Crippen LogP contribution in [0.2, 0.25) is 0 Å². The summed E-state index contributed by atoms with van der Waals surface area (Å²) < 4.78 is 16.5. The Hall–Kier alpha value is -2.78. The number of aryl methyl sites for hydroxylation is 1. The molecular weight excluding hydrogens is 398 g/mol. The first-order valence-electron chi connectivity index (χ1n) is 9.17. The number of allylic oxidation sites excluding steroid dienone is 1. The zero-order chi connectivity index (χ0) is 20.4. The summed E-state index contributed by atoms with van der Waals surface area (Å²) in [7, 11) is 1.60. The van der Waals surface area contributed by atoms with E-state index in [1.807, 2.05) is 11.8 Å². The average Bonchev–Trinajstić information content (AvgIpc) is 3.31. The van der Waals surface area contributed by atoms with Crippen LogP contribution in [-0.4, -0.2) is 64.9 Å². The summed E-state index contributed by atoms with van der Waals surface area (Å²) in [6, 6.07) is 1.76. The molecule has 4 heterocycles. The molecule has 0 aromatic carbocycles. The molecule has 0 spiro atoms. The Bertz CT molecular complexity index is 987. The van der Waals surface area contributed by atoms with E-state index in [0.717, 1.165) is 18.5 Å². The van der Waals surface area contributed by atoms with Crippen molar-refractivity contribution in [3.63, 3.8) is 0 Å². The number of methoxy groups -OCH3 is 1. The molecule has 9 nitrogen and oxygen atoms in total. The third-order valence-corrected chi connectivity index (χ3v) is 5.21. The van der Waals surface area contributed by atoms with Crippen LogP contribution >= 0.6 is 11.6 Å². The van der Waals surface area contributed by atoms with Gasteiger partial charge in [0.15, 0.2) is 5.78 Å². The van der Waals surface area contributed by atoms with Crippen molar-refractivity contribution in [3.05, 3.63) is 34.6 Å². The SMILES string of the molecule is COCc1noc(C)c1-c1cc(O[C@@H]2CCN(C3=C(Cl)C(=O)CN=C3)C2)ncn1. The molecule has 0 radical (unpaired) electrons. The Morgan fingerprint density at radius 1 is 1.38 bits per heavy atom. The molecular formula is C19H20ClN5O4. The number of ether oxygens (including phenoxy) is 2. The van der Waals surface area contributed by atoms with Crippen molar-refractivity contribution in [2.75, 3.05) is 26.7 Å². The lowest BCUT2D eigenvalue weighted by Crippen LogP contribution is -2.28. The van der Waals surface area contributed by atoms with Gasteiger partial charge < -0.3 is 18.9 Å². The zero-order valence-electron chi connectivity index (χ0n) is 16.1. The molecule has 1 saturated heterocycles. The number of aromatic nitrogens is 3. The molecule has 10 heteroatoms. The Morgan fingerprint density at radius 2 is 2.24 bits per heavy atom. The molecule has 0 amide bonds. The minimum atomic E-state index is -0.162. The smallest absolute Gasteiger partial charge is 0.217 e. The van der Waals surface area contributed by atoms with Gasteiger partial charge in [0.05, 0.1) is 30.1 Å². The van der Waals surface area contributed by atoms with Crippen LogP contribution < -0.4 is 4.74 Å². The van der Waals surface area contributed by atoms with Gasteiger partial charge in [-0.2, -0.15) is 0 Å². The van der Waals surface area contributed by atoms with Gasteiger partial charge in [0.2, 0.25) is 5.88 Å². The number of hydrogen-bond acceptors (Lipinski definition) is 9. The van der Waals surface area contributed by atoms with E-state index in [1.165, 1.54) is 6.33 Å². The van der Waals surface area contributed by atoms with Crippen molar-refractivity contribution in [3.8, 4) is 17.1 Å². The number of hydrogen-bond donors (Lipinski definition) is 0. The second-order valence-electron chi connectivity index (χ2n) is 6.80. The molecule has 2 aromatic heterocycles. The van der Waals surface area contributed by atoms with Crippen LogP contribution in [0.1, 0.15) is 17.9 Å². The second kappa shape index (κ2) is 8.30. The molecule has 0 aliphatic carbocycles. The van der Waals surface area contributed by atoms with E-state index < -0.39 is 0 Å². The summed E-state index contributed by atoms with van der Waals surface area (Å²) in [6.45, 7) is 3.55. The molecule has 152 valence electrons. The lowest BCUT2D eigenvalue weighted by molar-refractivity contribution is -0.113. The molecule has 0 bridgehead atoms. The first-order chi connectivity index (χ1) is 14.1. The fourth-order valence-corrected chi connectivity index (χ4v) is 3.67. The van der Waals surface area contributed by atoms with Crippen molar-refractivity contribution in [1.82, 2.24) is 20.0 Å². The third kappa shape index (κ3) is 4.01. The van der Waals surface area contributed by atoms with Gasteiger partial charge in [-0.05, 0) is 6.92 Å². The van der Waals surface area contributed by atoms with Gasteiger partial charge in [-0.1, -0.05) is 16.8 Å². The van der Waals surface area contributed by atoms with Crippen LogP contribution in [0.25, 0.3) is 11.3 Å². The highest BCUT2D eigenvalue weighted by molar-refractivity contribution is 6.44. The number of rotatable bonds is 6. The standard InChI is InChI=1S/C19H20ClN5O4/c1-11-18(14(9-27-2)24-29-11)13-5-17(23-10-22-13)28-12-3-4-25(8-12)15-6-21-7-16(26)19(15)20/h5-6,10,12H,3-4,7-9H2,1-2H3/t12-/m1/s1. The first kappa shape index (κ1) is 19.5. The van der Waals surface area contributed by atoms with Gasteiger partial charge in [0.1, 0.15) is 35.5 Å². The number of carbonyl (C=O) groups is 1. The van der Waals surface area contributed by atoms with Crippen molar-refractivity contribution in [2.45, 2.75) is 26.1 Å². The van der Waals surface area contributed by atoms with E-state index in [2.05, 4.69) is 20.1 Å². The Labute approximate surface area is 172 Å². The number of aliphatic imine (C=N–C) groups is 1. The van der Waals surface area contributed by atoms with Crippen LogP contribution in [-0.2, 0) is 16.1 Å². The molecule has 0 N–H and O–H groups in total. The predicted molar refractivity (Wildman–Crippen MR) is 105 cm³/mol. The number of likely N-dealkylation sites (tertiary alicyclic amines) is 1. The predicted octanol–water partition coefficient (Wildman–Crippen LogP) is 2.14. The highest BCUT2D eigenvalue weighted by Crippen LogP contribution is 2.29. The zero-order valence-corrected chi connectivity index (χ0v) is 16.8. The van der Waals surface area contributed by atoms with Gasteiger partial charge in [-0.15, -0.1) is 0 Å². The Balaban J connectivity index is 1.49. The van der Waals surface area contributed by atoms with E-state index in [0.29, 0.717) is 41.9 Å². The van der Waals surface area contributed by atoms with Crippen LogP contribution in [0.5, 0.6) is 5.88 Å². The van der Waals surface area contributed by atoms with Crippen LogP contribution in [0.3, 0.4) is 0 Å². The summed E-state index contributed by atoms with van der Waals surface area (Å²) in [5.41, 5.74) is 2.76. The van der Waals surface area contributed by atoms with Gasteiger partial charge in [0, 0.05) is 32.4 Å². The highest BCUT2D eigenvalue weighted by Gasteiger charge is 2.29. The lowest BCUT2D eigenvalue weighted by Gasteiger charge is -2.22. The second-order valence-corrected chi connectivity index (χ2v) is 7.18. The maximum absolute atomic E-state index is 11.8. The van der Waals surface area contributed by atoms with Crippen molar-refractivity contribution >= 4 is 23.6 Å². The number of ketones is 1. The molecule has 1 atom stereocenters. The van der Waals surface area contributed by atoms with Gasteiger partial charge in [0.25, 0.3) is 0 Å². The fraction of sp³-hybridized carbons (Fsp3) is 0.421. The third-order valence-electron chi connectivity index (χ3n) is 4.80. The van der Waals surface area contributed by atoms with Crippen molar-refractivity contribution in [2.24, 2.45) is 4.99 Å². The summed E-state index contributed by atoms with van der Waals surface area (Å²) in [4.78, 5) is 26.4. The summed E-state index contributed by atoms with van der Waals surface area (Å²) >= 11 is 6.16. The summed E-state index contributed by atoms with van der Waals surface area (Å²) in [6.07, 6.45) is 3.78. The quantitative estimate of drug-likeness (QED) is 0.704. The minimum absolute atomic E-state index is 0.0952. The van der Waals surface area contributed by atoms with Crippen LogP contribution in [0.4, 0.5) is 0 Å². The topological polar surface area (TPSA) is 103 Å². The number of nitrogens with zero attached hydrogens (tertiary/aromatic N) is 5. The molecule has 2 aliphatic heterocycles. The van der Waals surface area contributed by atoms with Gasteiger partial charge in [-0.25, -0.2) is 9.97 Å². The molecule has 4 rings (SSSR count). The van der Waals surface area contributed by atoms with Crippen molar-refractivity contribution in [1.29, 1.82) is 0 Å². The van der Waals surface area contributed by atoms with Crippen LogP contribution in [0, 0.1) is 6.92 Å². The Kier molecular flexibility index (Phi) is 5.59. The molecule has 29 heavy (non-hydrogen) atoms. The molecule has 1 fully saturated rings. The molecule has 2 aliphatic rings. The Morgan fingerprint density at radius 3 is 3.07 bits per heavy atom. The van der Waals surface area contributed by atoms with E-state index in [4.69, 9.17) is 25.6 Å². The number of carbonyl (C=O) groups excluding carboxylic acids is 1. The molecule has 0 saturated carbocycles. The average molecular weight is 418 g/mol. The minimum Gasteiger partial charge on any atom is -0.472 e. The van der Waals surface area contributed by atoms with E-state index in [1.54, 1.807) is 19.4 Å². The van der Waals surface area contributed by atoms with E-state index in [-0.39, 0.29) is 23.5 Å². The lowest BCUT2D eigenvalue weighted by atomic mass is 10.1. The maximum atomic E-state index is 11.8. The first-order valence-corrected chi connectivity index (χ1v) is 9.55. The summed E-state index contributed by atoms with van der Waals surface area (Å²) in [5, 5.41) is 4.26. The maximum Gasteiger partial charge on any atom is 0.217 e. The highest BCUT2D eigenvalue weighted by atomic mass is 35.5. The van der Waals surface area contributed by atoms with E-state index in [9.17, 15) is 4.79 Å². The fourth-order valence-electron chi connectivity index (χ4n) is 3.44. The van der Waals surface area contributed by atoms with Crippen LogP contribution in [0.15, 0.2) is 32.6 Å². The number of Topliss-reactive ketones (excluding diaryl/α,β-unsaturated/α-hetero) is 1. The number of dihydropyridines is 1.